The van der Waals surface area contributed by atoms with Gasteiger partial charge in [-0.25, -0.2) is 0 Å². The molecule has 0 radical (unpaired) electrons. The lowest BCUT2D eigenvalue weighted by Crippen LogP contribution is -2.38. The molecule has 0 aromatic carbocycles. The van der Waals surface area contributed by atoms with E-state index in [1.807, 2.05) is 19.1 Å². The van der Waals surface area contributed by atoms with Crippen LogP contribution in [0.25, 0.3) is 0 Å². The van der Waals surface area contributed by atoms with E-state index in [-0.39, 0.29) is 29.7 Å². The maximum atomic E-state index is 12.1. The number of imide groups is 1. The second kappa shape index (κ2) is 4.13. The highest BCUT2D eigenvalue weighted by molar-refractivity contribution is 6.05. The molecule has 3 heteroatoms. The SMILES string of the molecule is C#CCC(C)N1C(=O)[C@H]2CC=CC[C@H]2C1=O. The first-order valence-electron chi connectivity index (χ1n) is 5.62. The molecule has 1 unspecified atom stereocenters. The van der Waals surface area contributed by atoms with Crippen LogP contribution in [0.3, 0.4) is 0 Å². The fraction of sp³-hybridized carbons (Fsp3) is 0.538. The van der Waals surface area contributed by atoms with Gasteiger partial charge in [-0.2, -0.15) is 0 Å². The minimum Gasteiger partial charge on any atom is -0.278 e. The Kier molecular flexibility index (Phi) is 2.82. The zero-order chi connectivity index (χ0) is 11.7. The van der Waals surface area contributed by atoms with Crippen molar-refractivity contribution in [2.75, 3.05) is 0 Å². The molecule has 0 aromatic heterocycles. The number of carbonyl (C=O) groups excluding carboxylic acids is 2. The molecule has 2 aliphatic rings. The average molecular weight is 217 g/mol. The van der Waals surface area contributed by atoms with Crippen LogP contribution in [0.5, 0.6) is 0 Å². The molecule has 0 N–H and O–H groups in total. The number of allylic oxidation sites excluding steroid dienone is 2. The summed E-state index contributed by atoms with van der Waals surface area (Å²) in [5.74, 6) is 2.14. The summed E-state index contributed by atoms with van der Waals surface area (Å²) < 4.78 is 0. The zero-order valence-electron chi connectivity index (χ0n) is 9.35. The summed E-state index contributed by atoms with van der Waals surface area (Å²) in [6.07, 6.45) is 11.0. The first kappa shape index (κ1) is 10.9. The third kappa shape index (κ3) is 1.55. The van der Waals surface area contributed by atoms with E-state index >= 15 is 0 Å². The molecular formula is C13H15NO2. The fourth-order valence-corrected chi connectivity index (χ4v) is 2.52. The van der Waals surface area contributed by atoms with Gasteiger partial charge in [0.1, 0.15) is 0 Å². The highest BCUT2D eigenvalue weighted by Gasteiger charge is 2.48. The number of nitrogens with zero attached hydrogens (tertiary/aromatic N) is 1. The van der Waals surface area contributed by atoms with E-state index in [0.29, 0.717) is 19.3 Å². The molecule has 1 fully saturated rings. The Hall–Kier alpha value is -1.56. The van der Waals surface area contributed by atoms with Crippen LogP contribution >= 0.6 is 0 Å². The molecule has 0 aromatic rings. The van der Waals surface area contributed by atoms with Gasteiger partial charge in [-0.1, -0.05) is 12.2 Å². The second-order valence-corrected chi connectivity index (χ2v) is 4.46. The number of likely N-dealkylation sites (tertiary alicyclic amines) is 1. The van der Waals surface area contributed by atoms with Gasteiger partial charge in [-0.05, 0) is 19.8 Å². The third-order valence-corrected chi connectivity index (χ3v) is 3.40. The Bertz CT molecular complexity index is 365. The second-order valence-electron chi connectivity index (χ2n) is 4.46. The molecule has 16 heavy (non-hydrogen) atoms. The maximum absolute atomic E-state index is 12.1. The number of terminal acetylenes is 1. The van der Waals surface area contributed by atoms with E-state index < -0.39 is 0 Å². The van der Waals surface area contributed by atoms with Crippen LogP contribution < -0.4 is 0 Å². The van der Waals surface area contributed by atoms with Gasteiger partial charge >= 0.3 is 0 Å². The Labute approximate surface area is 95.5 Å². The van der Waals surface area contributed by atoms with Gasteiger partial charge in [-0.3, -0.25) is 14.5 Å². The van der Waals surface area contributed by atoms with Crippen LogP contribution in [-0.4, -0.2) is 22.8 Å². The van der Waals surface area contributed by atoms with Crippen molar-refractivity contribution in [2.24, 2.45) is 11.8 Å². The van der Waals surface area contributed by atoms with Crippen LogP contribution in [0, 0.1) is 24.2 Å². The van der Waals surface area contributed by atoms with Gasteiger partial charge in [0.15, 0.2) is 0 Å². The van der Waals surface area contributed by atoms with Crippen molar-refractivity contribution in [3.05, 3.63) is 12.2 Å². The van der Waals surface area contributed by atoms with Crippen LogP contribution in [0.4, 0.5) is 0 Å². The summed E-state index contributed by atoms with van der Waals surface area (Å²) in [6.45, 7) is 1.83. The van der Waals surface area contributed by atoms with Crippen molar-refractivity contribution in [1.29, 1.82) is 0 Å². The van der Waals surface area contributed by atoms with E-state index in [1.165, 1.54) is 4.90 Å². The van der Waals surface area contributed by atoms with Gasteiger partial charge in [-0.15, -0.1) is 12.3 Å². The Balaban J connectivity index is 2.21. The largest absolute Gasteiger partial charge is 0.278 e. The molecule has 1 heterocycles. The lowest BCUT2D eigenvalue weighted by atomic mass is 9.85. The lowest BCUT2D eigenvalue weighted by molar-refractivity contribution is -0.142. The standard InChI is InChI=1S/C13H15NO2/c1-3-6-9(2)14-12(15)10-7-4-5-8-11(10)13(14)16/h1,4-5,9-11H,6-8H2,2H3/t9?,10-,11+. The van der Waals surface area contributed by atoms with Gasteiger partial charge in [0, 0.05) is 12.5 Å². The minimum atomic E-state index is -0.171. The number of rotatable bonds is 2. The summed E-state index contributed by atoms with van der Waals surface area (Å²) >= 11 is 0. The number of fused-ring (bicyclic) bond motifs is 1. The Morgan fingerprint density at radius 1 is 1.38 bits per heavy atom. The normalized spacial score (nSPS) is 30.1. The van der Waals surface area contributed by atoms with Crippen molar-refractivity contribution in [1.82, 2.24) is 4.90 Å². The lowest BCUT2D eigenvalue weighted by Gasteiger charge is -2.21. The van der Waals surface area contributed by atoms with Gasteiger partial charge in [0.05, 0.1) is 11.8 Å². The Morgan fingerprint density at radius 2 is 1.88 bits per heavy atom. The topological polar surface area (TPSA) is 37.4 Å². The van der Waals surface area contributed by atoms with E-state index in [4.69, 9.17) is 6.42 Å². The molecule has 3 nitrogen and oxygen atoms in total. The van der Waals surface area contributed by atoms with Crippen molar-refractivity contribution in [3.63, 3.8) is 0 Å². The first-order chi connectivity index (χ1) is 7.66. The van der Waals surface area contributed by atoms with Crippen molar-refractivity contribution < 1.29 is 9.59 Å². The molecule has 0 bridgehead atoms. The molecule has 84 valence electrons. The summed E-state index contributed by atoms with van der Waals surface area (Å²) in [4.78, 5) is 25.5. The van der Waals surface area contributed by atoms with Crippen LogP contribution in [0.2, 0.25) is 0 Å². The number of amides is 2. The summed E-state index contributed by atoms with van der Waals surface area (Å²) in [5.41, 5.74) is 0. The minimum absolute atomic E-state index is 0.0397. The van der Waals surface area contributed by atoms with Crippen LogP contribution in [0.15, 0.2) is 12.2 Å². The molecule has 0 spiro atoms. The molecule has 2 amide bonds. The highest BCUT2D eigenvalue weighted by atomic mass is 16.2. The molecule has 1 aliphatic heterocycles. The number of hydrogen-bond acceptors (Lipinski definition) is 2. The fourth-order valence-electron chi connectivity index (χ4n) is 2.52. The predicted octanol–water partition coefficient (Wildman–Crippen LogP) is 1.35. The quantitative estimate of drug-likeness (QED) is 0.398. The molecular weight excluding hydrogens is 202 g/mol. The Morgan fingerprint density at radius 3 is 2.31 bits per heavy atom. The van der Waals surface area contributed by atoms with Crippen molar-refractivity contribution in [2.45, 2.75) is 32.2 Å². The van der Waals surface area contributed by atoms with Crippen LogP contribution in [0.1, 0.15) is 26.2 Å². The first-order valence-corrected chi connectivity index (χ1v) is 5.62. The molecule has 1 aliphatic carbocycles. The van der Waals surface area contributed by atoms with Gasteiger partial charge < -0.3 is 0 Å². The molecule has 1 saturated heterocycles. The van der Waals surface area contributed by atoms with E-state index in [2.05, 4.69) is 5.92 Å². The zero-order valence-corrected chi connectivity index (χ0v) is 9.35. The van der Waals surface area contributed by atoms with Gasteiger partial charge in [0.25, 0.3) is 0 Å². The van der Waals surface area contributed by atoms with Crippen LogP contribution in [-0.2, 0) is 9.59 Å². The average Bonchev–Trinajstić information content (AvgIpc) is 2.53. The third-order valence-electron chi connectivity index (χ3n) is 3.40. The highest BCUT2D eigenvalue weighted by Crippen LogP contribution is 2.36. The monoisotopic (exact) mass is 217 g/mol. The summed E-state index contributed by atoms with van der Waals surface area (Å²) in [5, 5.41) is 0. The summed E-state index contributed by atoms with van der Waals surface area (Å²) in [6, 6.07) is -0.171. The molecule has 3 atom stereocenters. The van der Waals surface area contributed by atoms with E-state index in [1.54, 1.807) is 0 Å². The van der Waals surface area contributed by atoms with Crippen molar-refractivity contribution >= 4 is 11.8 Å². The van der Waals surface area contributed by atoms with E-state index in [9.17, 15) is 9.59 Å². The number of carbonyl (C=O) groups is 2. The predicted molar refractivity (Wildman–Crippen MR) is 60.1 cm³/mol. The number of hydrogen-bond donors (Lipinski definition) is 0. The summed E-state index contributed by atoms with van der Waals surface area (Å²) in [7, 11) is 0. The molecule has 0 saturated carbocycles. The van der Waals surface area contributed by atoms with E-state index in [0.717, 1.165) is 0 Å². The smallest absolute Gasteiger partial charge is 0.233 e. The molecule has 2 rings (SSSR count). The van der Waals surface area contributed by atoms with Gasteiger partial charge in [0.2, 0.25) is 11.8 Å². The maximum Gasteiger partial charge on any atom is 0.233 e. The van der Waals surface area contributed by atoms with Crippen molar-refractivity contribution in [3.8, 4) is 12.3 Å².